The molecule has 1 heterocycles. The predicted molar refractivity (Wildman–Crippen MR) is 64.8 cm³/mol. The molecule has 16 heavy (non-hydrogen) atoms. The van der Waals surface area contributed by atoms with Crippen LogP contribution in [-0.4, -0.2) is 0 Å². The van der Waals surface area contributed by atoms with Crippen LogP contribution in [0.1, 0.15) is 0 Å². The fourth-order valence-corrected chi connectivity index (χ4v) is 1.81. The largest absolute Gasteiger partial charge is 0.461 e. The Bertz CT molecular complexity index is 519. The van der Waals surface area contributed by atoms with Crippen LogP contribution in [0.15, 0.2) is 67.1 Å². The summed E-state index contributed by atoms with van der Waals surface area (Å²) in [4.78, 5) is 2.11. The van der Waals surface area contributed by atoms with Gasteiger partial charge in [-0.15, -0.1) is 0 Å². The highest BCUT2D eigenvalue weighted by Crippen LogP contribution is 2.36. The molecule has 2 aromatic carbocycles. The number of hydrogen-bond donors (Lipinski definition) is 0. The van der Waals surface area contributed by atoms with Gasteiger partial charge in [-0.25, -0.2) is 0 Å². The van der Waals surface area contributed by atoms with Gasteiger partial charge in [-0.05, 0) is 24.3 Å². The Morgan fingerprint density at radius 1 is 0.812 bits per heavy atom. The molecule has 0 saturated carbocycles. The van der Waals surface area contributed by atoms with Crippen LogP contribution in [0.4, 0.5) is 11.4 Å². The van der Waals surface area contributed by atoms with Gasteiger partial charge in [-0.1, -0.05) is 30.3 Å². The van der Waals surface area contributed by atoms with E-state index in [0.29, 0.717) is 0 Å². The molecule has 0 bridgehead atoms. The number of nitrogens with zero attached hydrogens (tertiary/aromatic N) is 1. The van der Waals surface area contributed by atoms with Gasteiger partial charge in [-0.3, -0.25) is 0 Å². The number of ether oxygens (including phenoxy) is 1. The maximum atomic E-state index is 5.45. The zero-order valence-corrected chi connectivity index (χ0v) is 8.71. The second kappa shape index (κ2) is 3.74. The van der Waals surface area contributed by atoms with Crippen molar-refractivity contribution in [2.75, 3.05) is 4.90 Å². The zero-order valence-electron chi connectivity index (χ0n) is 8.71. The van der Waals surface area contributed by atoms with E-state index in [1.54, 1.807) is 6.26 Å². The van der Waals surface area contributed by atoms with E-state index in [1.165, 1.54) is 0 Å². The van der Waals surface area contributed by atoms with E-state index >= 15 is 0 Å². The summed E-state index contributed by atoms with van der Waals surface area (Å²) < 4.78 is 5.45. The number of benzene rings is 2. The van der Waals surface area contributed by atoms with Crippen LogP contribution in [0.5, 0.6) is 5.75 Å². The number of hydrogen-bond acceptors (Lipinski definition) is 2. The van der Waals surface area contributed by atoms with E-state index in [2.05, 4.69) is 17.0 Å². The Kier molecular flexibility index (Phi) is 2.11. The van der Waals surface area contributed by atoms with Gasteiger partial charge in [0.15, 0.2) is 5.75 Å². The van der Waals surface area contributed by atoms with Crippen LogP contribution in [0.3, 0.4) is 0 Å². The monoisotopic (exact) mass is 209 g/mol. The van der Waals surface area contributed by atoms with Crippen LogP contribution < -0.4 is 9.64 Å². The third-order valence-corrected chi connectivity index (χ3v) is 2.56. The first-order chi connectivity index (χ1) is 7.95. The lowest BCUT2D eigenvalue weighted by Crippen LogP contribution is -2.13. The number of anilines is 2. The summed E-state index contributed by atoms with van der Waals surface area (Å²) in [6.45, 7) is 0. The Balaban J connectivity index is 2.09. The van der Waals surface area contributed by atoms with Crippen molar-refractivity contribution < 1.29 is 4.74 Å². The summed E-state index contributed by atoms with van der Waals surface area (Å²) in [6.07, 6.45) is 3.63. The summed E-state index contributed by atoms with van der Waals surface area (Å²) in [5.74, 6) is 0.883. The molecule has 3 rings (SSSR count). The fraction of sp³-hybridized carbons (Fsp3) is 0. The molecular weight excluding hydrogens is 198 g/mol. The molecule has 0 atom stereocenters. The van der Waals surface area contributed by atoms with Crippen molar-refractivity contribution in [3.05, 3.63) is 67.1 Å². The van der Waals surface area contributed by atoms with Gasteiger partial charge in [0, 0.05) is 11.9 Å². The van der Waals surface area contributed by atoms with Crippen molar-refractivity contribution >= 4 is 11.4 Å². The van der Waals surface area contributed by atoms with Crippen molar-refractivity contribution in [1.82, 2.24) is 0 Å². The summed E-state index contributed by atoms with van der Waals surface area (Å²) in [5, 5.41) is 0. The molecule has 0 saturated heterocycles. The Morgan fingerprint density at radius 2 is 1.56 bits per heavy atom. The predicted octanol–water partition coefficient (Wildman–Crippen LogP) is 3.69. The van der Waals surface area contributed by atoms with Crippen molar-refractivity contribution in [3.8, 4) is 5.75 Å². The minimum Gasteiger partial charge on any atom is -0.461 e. The average Bonchev–Trinajstić information content (AvgIpc) is 2.39. The fourth-order valence-electron chi connectivity index (χ4n) is 1.81. The summed E-state index contributed by atoms with van der Waals surface area (Å²) in [6, 6.07) is 18.2. The first kappa shape index (κ1) is 9.04. The molecule has 2 nitrogen and oxygen atoms in total. The Labute approximate surface area is 94.4 Å². The van der Waals surface area contributed by atoms with Crippen LogP contribution in [0, 0.1) is 0 Å². The number of fused-ring (bicyclic) bond motifs is 1. The lowest BCUT2D eigenvalue weighted by atomic mass is 10.2. The first-order valence-corrected chi connectivity index (χ1v) is 5.22. The minimum atomic E-state index is 0.883. The van der Waals surface area contributed by atoms with E-state index in [-0.39, 0.29) is 0 Å². The van der Waals surface area contributed by atoms with Gasteiger partial charge in [0.2, 0.25) is 0 Å². The van der Waals surface area contributed by atoms with E-state index in [4.69, 9.17) is 4.74 Å². The molecule has 0 spiro atoms. The number of para-hydroxylation sites is 3. The van der Waals surface area contributed by atoms with Crippen molar-refractivity contribution in [2.24, 2.45) is 0 Å². The van der Waals surface area contributed by atoms with Crippen LogP contribution in [-0.2, 0) is 0 Å². The van der Waals surface area contributed by atoms with Gasteiger partial charge in [0.25, 0.3) is 0 Å². The van der Waals surface area contributed by atoms with Crippen molar-refractivity contribution in [1.29, 1.82) is 0 Å². The van der Waals surface area contributed by atoms with Crippen molar-refractivity contribution in [2.45, 2.75) is 0 Å². The summed E-state index contributed by atoms with van der Waals surface area (Å²) >= 11 is 0. The lowest BCUT2D eigenvalue weighted by molar-refractivity contribution is 0.473. The molecule has 0 unspecified atom stereocenters. The maximum Gasteiger partial charge on any atom is 0.150 e. The highest BCUT2D eigenvalue weighted by Gasteiger charge is 2.14. The highest BCUT2D eigenvalue weighted by atomic mass is 16.5. The number of rotatable bonds is 1. The summed E-state index contributed by atoms with van der Waals surface area (Å²) in [7, 11) is 0. The van der Waals surface area contributed by atoms with Crippen LogP contribution >= 0.6 is 0 Å². The Morgan fingerprint density at radius 3 is 2.44 bits per heavy atom. The molecule has 1 aliphatic heterocycles. The zero-order chi connectivity index (χ0) is 10.8. The van der Waals surface area contributed by atoms with Crippen LogP contribution in [0.25, 0.3) is 0 Å². The minimum absolute atomic E-state index is 0.883. The molecule has 0 aliphatic carbocycles. The van der Waals surface area contributed by atoms with Gasteiger partial charge in [-0.2, -0.15) is 0 Å². The molecule has 0 aromatic heterocycles. The molecule has 78 valence electrons. The second-order valence-corrected chi connectivity index (χ2v) is 3.58. The normalized spacial score (nSPS) is 13.1. The second-order valence-electron chi connectivity index (χ2n) is 3.58. The average molecular weight is 209 g/mol. The third-order valence-electron chi connectivity index (χ3n) is 2.56. The molecule has 1 aliphatic rings. The van der Waals surface area contributed by atoms with E-state index in [0.717, 1.165) is 17.1 Å². The SMILES string of the molecule is C1=CN(c2ccccc2)c2ccccc2O1. The van der Waals surface area contributed by atoms with Gasteiger partial charge >= 0.3 is 0 Å². The van der Waals surface area contributed by atoms with E-state index in [1.807, 2.05) is 48.7 Å². The molecule has 2 aromatic rings. The maximum absolute atomic E-state index is 5.45. The van der Waals surface area contributed by atoms with Crippen molar-refractivity contribution in [3.63, 3.8) is 0 Å². The highest BCUT2D eigenvalue weighted by molar-refractivity contribution is 5.72. The third kappa shape index (κ3) is 1.44. The van der Waals surface area contributed by atoms with E-state index < -0.39 is 0 Å². The first-order valence-electron chi connectivity index (χ1n) is 5.22. The van der Waals surface area contributed by atoms with E-state index in [9.17, 15) is 0 Å². The smallest absolute Gasteiger partial charge is 0.150 e. The lowest BCUT2D eigenvalue weighted by Gasteiger charge is -2.25. The topological polar surface area (TPSA) is 12.5 Å². The molecule has 0 radical (unpaired) electrons. The van der Waals surface area contributed by atoms with Crippen LogP contribution in [0.2, 0.25) is 0 Å². The van der Waals surface area contributed by atoms with Gasteiger partial charge in [0.1, 0.15) is 6.26 Å². The van der Waals surface area contributed by atoms with Gasteiger partial charge in [0.05, 0.1) is 5.69 Å². The Hall–Kier alpha value is -2.22. The molecule has 0 fully saturated rings. The molecule has 0 amide bonds. The standard InChI is InChI=1S/C14H11NO/c1-2-6-12(7-3-1)15-10-11-16-14-9-5-4-8-13(14)15/h1-11H. The summed E-state index contributed by atoms with van der Waals surface area (Å²) in [5.41, 5.74) is 2.20. The molecule has 0 N–H and O–H groups in total. The van der Waals surface area contributed by atoms with Gasteiger partial charge < -0.3 is 9.64 Å². The molecule has 2 heteroatoms. The quantitative estimate of drug-likeness (QED) is 0.710. The molecular formula is C14H11NO.